The molecule has 0 bridgehead atoms. The summed E-state index contributed by atoms with van der Waals surface area (Å²) in [4.78, 5) is 13.5. The largest absolute Gasteiger partial charge is 0.508 e. The van der Waals surface area contributed by atoms with Gasteiger partial charge in [-0.15, -0.1) is 0 Å². The van der Waals surface area contributed by atoms with Crippen LogP contribution in [-0.2, 0) is 4.79 Å². The molecule has 13 heavy (non-hydrogen) atoms. The van der Waals surface area contributed by atoms with Gasteiger partial charge in [-0.05, 0) is 29.7 Å². The van der Waals surface area contributed by atoms with Crippen LogP contribution in [0.4, 0.5) is 5.69 Å². The number of hydrogen-bond donors (Lipinski definition) is 1. The van der Waals surface area contributed by atoms with Crippen LogP contribution in [0.3, 0.4) is 0 Å². The summed E-state index contributed by atoms with van der Waals surface area (Å²) in [5.41, 5.74) is 1.31. The first-order chi connectivity index (χ1) is 6.15. The molecular weight excluding hydrogens is 166 g/mol. The fourth-order valence-corrected chi connectivity index (χ4v) is 1.13. The Kier molecular flexibility index (Phi) is 2.83. The molecule has 1 aromatic rings. The lowest BCUT2D eigenvalue weighted by molar-refractivity contribution is 0.465. The SMILES string of the molecule is CC(C)c1cc(N=C=O)ccc1O. The molecule has 0 heterocycles. The van der Waals surface area contributed by atoms with Crippen molar-refractivity contribution in [2.45, 2.75) is 19.8 Å². The maximum atomic E-state index is 9.99. The molecular formula is C10H11NO2. The molecule has 0 spiro atoms. The predicted octanol–water partition coefficient (Wildman–Crippen LogP) is 2.48. The van der Waals surface area contributed by atoms with Crippen LogP contribution in [-0.4, -0.2) is 11.2 Å². The van der Waals surface area contributed by atoms with Crippen molar-refractivity contribution in [3.8, 4) is 5.75 Å². The lowest BCUT2D eigenvalue weighted by Crippen LogP contribution is -1.86. The van der Waals surface area contributed by atoms with Gasteiger partial charge in [-0.3, -0.25) is 0 Å². The van der Waals surface area contributed by atoms with Gasteiger partial charge in [0.2, 0.25) is 6.08 Å². The van der Waals surface area contributed by atoms with Gasteiger partial charge in [0.25, 0.3) is 0 Å². The Labute approximate surface area is 76.7 Å². The van der Waals surface area contributed by atoms with Crippen molar-refractivity contribution in [3.63, 3.8) is 0 Å². The molecule has 3 nitrogen and oxygen atoms in total. The first kappa shape index (κ1) is 9.49. The number of carbonyl (C=O) groups excluding carboxylic acids is 1. The molecule has 1 N–H and O–H groups in total. The van der Waals surface area contributed by atoms with Gasteiger partial charge in [0.1, 0.15) is 5.75 Å². The molecule has 1 aromatic carbocycles. The minimum Gasteiger partial charge on any atom is -0.508 e. The molecule has 0 saturated heterocycles. The second-order valence-electron chi connectivity index (χ2n) is 3.10. The van der Waals surface area contributed by atoms with Crippen LogP contribution < -0.4 is 0 Å². The van der Waals surface area contributed by atoms with Crippen molar-refractivity contribution in [3.05, 3.63) is 23.8 Å². The first-order valence-corrected chi connectivity index (χ1v) is 4.06. The second kappa shape index (κ2) is 3.87. The van der Waals surface area contributed by atoms with E-state index >= 15 is 0 Å². The molecule has 0 aromatic heterocycles. The molecule has 3 heteroatoms. The molecule has 68 valence electrons. The molecule has 1 rings (SSSR count). The zero-order chi connectivity index (χ0) is 9.84. The summed E-state index contributed by atoms with van der Waals surface area (Å²) in [5, 5.41) is 9.43. The summed E-state index contributed by atoms with van der Waals surface area (Å²) in [6.45, 7) is 3.92. The van der Waals surface area contributed by atoms with Crippen molar-refractivity contribution in [2.75, 3.05) is 0 Å². The number of rotatable bonds is 2. The minimum absolute atomic E-state index is 0.210. The Morgan fingerprint density at radius 1 is 1.46 bits per heavy atom. The van der Waals surface area contributed by atoms with E-state index in [1.54, 1.807) is 12.1 Å². The lowest BCUT2D eigenvalue weighted by Gasteiger charge is -2.07. The minimum atomic E-state index is 0.210. The highest BCUT2D eigenvalue weighted by Gasteiger charge is 2.05. The van der Waals surface area contributed by atoms with Gasteiger partial charge in [-0.2, -0.15) is 4.99 Å². The lowest BCUT2D eigenvalue weighted by atomic mass is 10.0. The number of benzene rings is 1. The highest BCUT2D eigenvalue weighted by Crippen LogP contribution is 2.28. The first-order valence-electron chi connectivity index (χ1n) is 4.06. The van der Waals surface area contributed by atoms with Gasteiger partial charge in [0.05, 0.1) is 5.69 Å². The third-order valence-electron chi connectivity index (χ3n) is 1.81. The number of phenols is 1. The fraction of sp³-hybridized carbons (Fsp3) is 0.300. The van der Waals surface area contributed by atoms with Crippen LogP contribution in [0.25, 0.3) is 0 Å². The number of aliphatic imine (C=N–C) groups is 1. The van der Waals surface area contributed by atoms with E-state index < -0.39 is 0 Å². The van der Waals surface area contributed by atoms with Crippen molar-refractivity contribution >= 4 is 11.8 Å². The summed E-state index contributed by atoms with van der Waals surface area (Å²) < 4.78 is 0. The van der Waals surface area contributed by atoms with E-state index in [0.717, 1.165) is 5.56 Å². The monoisotopic (exact) mass is 177 g/mol. The van der Waals surface area contributed by atoms with Gasteiger partial charge in [-0.25, -0.2) is 4.79 Å². The quantitative estimate of drug-likeness (QED) is 0.557. The molecule has 0 unspecified atom stereocenters. The molecule has 0 aliphatic rings. The Bertz CT molecular complexity index is 352. The van der Waals surface area contributed by atoms with E-state index in [4.69, 9.17) is 0 Å². The molecule has 0 fully saturated rings. The molecule has 0 aliphatic carbocycles. The number of aromatic hydroxyl groups is 1. The number of hydrogen-bond acceptors (Lipinski definition) is 3. The summed E-state index contributed by atoms with van der Waals surface area (Å²) in [6.07, 6.45) is 1.46. The van der Waals surface area contributed by atoms with Crippen molar-refractivity contribution < 1.29 is 9.90 Å². The van der Waals surface area contributed by atoms with E-state index in [2.05, 4.69) is 4.99 Å². The smallest absolute Gasteiger partial charge is 0.240 e. The molecule has 0 atom stereocenters. The molecule has 0 radical (unpaired) electrons. The summed E-state index contributed by atoms with van der Waals surface area (Å²) in [7, 11) is 0. The van der Waals surface area contributed by atoms with Crippen molar-refractivity contribution in [1.29, 1.82) is 0 Å². The highest BCUT2D eigenvalue weighted by atomic mass is 16.3. The average molecular weight is 177 g/mol. The van der Waals surface area contributed by atoms with Crippen molar-refractivity contribution in [2.24, 2.45) is 4.99 Å². The van der Waals surface area contributed by atoms with Crippen molar-refractivity contribution in [1.82, 2.24) is 0 Å². The van der Waals surface area contributed by atoms with Crippen LogP contribution in [0.5, 0.6) is 5.75 Å². The van der Waals surface area contributed by atoms with Gasteiger partial charge < -0.3 is 5.11 Å². The Morgan fingerprint density at radius 2 is 2.15 bits per heavy atom. The third kappa shape index (κ3) is 2.17. The van der Waals surface area contributed by atoms with Crippen LogP contribution in [0.2, 0.25) is 0 Å². The number of phenolic OH excluding ortho intramolecular Hbond substituents is 1. The van der Waals surface area contributed by atoms with Gasteiger partial charge >= 0.3 is 0 Å². The van der Waals surface area contributed by atoms with Gasteiger partial charge in [0.15, 0.2) is 0 Å². The topological polar surface area (TPSA) is 49.7 Å². The van der Waals surface area contributed by atoms with Crippen LogP contribution in [0, 0.1) is 0 Å². The van der Waals surface area contributed by atoms with E-state index in [-0.39, 0.29) is 11.7 Å². The average Bonchev–Trinajstić information content (AvgIpc) is 2.08. The third-order valence-corrected chi connectivity index (χ3v) is 1.81. The second-order valence-corrected chi connectivity index (χ2v) is 3.10. The van der Waals surface area contributed by atoms with Crippen LogP contribution in [0.1, 0.15) is 25.3 Å². The summed E-state index contributed by atoms with van der Waals surface area (Å²) in [6, 6.07) is 4.79. The Morgan fingerprint density at radius 3 is 2.69 bits per heavy atom. The summed E-state index contributed by atoms with van der Waals surface area (Å²) in [5.74, 6) is 0.446. The summed E-state index contributed by atoms with van der Waals surface area (Å²) >= 11 is 0. The maximum Gasteiger partial charge on any atom is 0.240 e. The number of isocyanates is 1. The molecule has 0 amide bonds. The van der Waals surface area contributed by atoms with Crippen LogP contribution in [0.15, 0.2) is 23.2 Å². The highest BCUT2D eigenvalue weighted by molar-refractivity contribution is 5.53. The van der Waals surface area contributed by atoms with E-state index in [9.17, 15) is 9.90 Å². The molecule has 0 saturated carbocycles. The van der Waals surface area contributed by atoms with Gasteiger partial charge in [-0.1, -0.05) is 13.8 Å². The van der Waals surface area contributed by atoms with Gasteiger partial charge in [0, 0.05) is 0 Å². The zero-order valence-corrected chi connectivity index (χ0v) is 7.61. The van der Waals surface area contributed by atoms with Crippen LogP contribution >= 0.6 is 0 Å². The van der Waals surface area contributed by atoms with E-state index in [1.807, 2.05) is 13.8 Å². The standard InChI is InChI=1S/C10H11NO2/c1-7(2)9-5-8(11-6-12)3-4-10(9)13/h3-5,7,13H,1-2H3. The normalized spacial score (nSPS) is 9.77. The zero-order valence-electron chi connectivity index (χ0n) is 7.61. The van der Waals surface area contributed by atoms with E-state index in [0.29, 0.717) is 5.69 Å². The predicted molar refractivity (Wildman–Crippen MR) is 50.0 cm³/mol. The maximum absolute atomic E-state index is 9.99. The fourth-order valence-electron chi connectivity index (χ4n) is 1.13. The molecule has 0 aliphatic heterocycles. The Balaban J connectivity index is 3.18. The number of nitrogens with zero attached hydrogens (tertiary/aromatic N) is 1. The Hall–Kier alpha value is -1.60. The van der Waals surface area contributed by atoms with E-state index in [1.165, 1.54) is 12.1 Å².